The SMILES string of the molecule is C=CCN(CCO)C(=O)CSCC(=O)N1CCOCC1. The van der Waals surface area contributed by atoms with Crippen molar-refractivity contribution in [2.75, 3.05) is 57.5 Å². The molecule has 1 rings (SSSR count). The number of amides is 2. The van der Waals surface area contributed by atoms with Crippen molar-refractivity contribution in [3.8, 4) is 0 Å². The lowest BCUT2D eigenvalue weighted by molar-refractivity contribution is -0.132. The van der Waals surface area contributed by atoms with Gasteiger partial charge in [-0.25, -0.2) is 0 Å². The second-order valence-corrected chi connectivity index (χ2v) is 5.32. The van der Waals surface area contributed by atoms with Crippen molar-refractivity contribution >= 4 is 23.6 Å². The molecule has 0 aromatic carbocycles. The highest BCUT2D eigenvalue weighted by Crippen LogP contribution is 2.07. The van der Waals surface area contributed by atoms with Crippen LogP contribution < -0.4 is 0 Å². The quantitative estimate of drug-likeness (QED) is 0.617. The van der Waals surface area contributed by atoms with Crippen LogP contribution in [0, 0.1) is 0 Å². The van der Waals surface area contributed by atoms with Gasteiger partial charge in [-0.15, -0.1) is 18.3 Å². The Morgan fingerprint density at radius 3 is 2.65 bits per heavy atom. The Bertz CT molecular complexity index is 332. The minimum Gasteiger partial charge on any atom is -0.395 e. The van der Waals surface area contributed by atoms with Crippen LogP contribution in [-0.4, -0.2) is 84.2 Å². The summed E-state index contributed by atoms with van der Waals surface area (Å²) in [6, 6.07) is 0. The Morgan fingerprint density at radius 1 is 1.35 bits per heavy atom. The zero-order chi connectivity index (χ0) is 14.8. The Kier molecular flexibility index (Phi) is 8.32. The van der Waals surface area contributed by atoms with Crippen LogP contribution in [0.5, 0.6) is 0 Å². The number of hydrogen-bond donors (Lipinski definition) is 1. The molecule has 0 saturated carbocycles. The summed E-state index contributed by atoms with van der Waals surface area (Å²) in [5.41, 5.74) is 0. The van der Waals surface area contributed by atoms with Crippen molar-refractivity contribution < 1.29 is 19.4 Å². The summed E-state index contributed by atoms with van der Waals surface area (Å²) in [4.78, 5) is 27.0. The van der Waals surface area contributed by atoms with Gasteiger partial charge in [0, 0.05) is 26.2 Å². The molecule has 2 amide bonds. The van der Waals surface area contributed by atoms with Crippen molar-refractivity contribution in [2.45, 2.75) is 0 Å². The van der Waals surface area contributed by atoms with E-state index in [1.807, 2.05) is 0 Å². The number of hydrogen-bond acceptors (Lipinski definition) is 5. The highest BCUT2D eigenvalue weighted by molar-refractivity contribution is 8.00. The third-order valence-electron chi connectivity index (χ3n) is 2.89. The Balaban J connectivity index is 2.25. The van der Waals surface area contributed by atoms with E-state index < -0.39 is 0 Å². The third kappa shape index (κ3) is 5.94. The van der Waals surface area contributed by atoms with Crippen molar-refractivity contribution in [3.63, 3.8) is 0 Å². The zero-order valence-electron chi connectivity index (χ0n) is 11.6. The standard InChI is InChI=1S/C13H22N2O4S/c1-2-3-14(4-7-16)12(17)10-20-11-13(18)15-5-8-19-9-6-15/h2,16H,1,3-11H2. The first kappa shape index (κ1) is 17.0. The molecule has 0 aliphatic carbocycles. The summed E-state index contributed by atoms with van der Waals surface area (Å²) in [7, 11) is 0. The molecule has 0 bridgehead atoms. The van der Waals surface area contributed by atoms with Crippen LogP contribution >= 0.6 is 11.8 Å². The van der Waals surface area contributed by atoms with Crippen LogP contribution in [0.1, 0.15) is 0 Å². The van der Waals surface area contributed by atoms with Gasteiger partial charge >= 0.3 is 0 Å². The van der Waals surface area contributed by atoms with E-state index in [-0.39, 0.29) is 24.2 Å². The van der Waals surface area contributed by atoms with Gasteiger partial charge in [-0.2, -0.15) is 0 Å². The molecule has 20 heavy (non-hydrogen) atoms. The highest BCUT2D eigenvalue weighted by atomic mass is 32.2. The van der Waals surface area contributed by atoms with Gasteiger partial charge in [-0.05, 0) is 0 Å². The van der Waals surface area contributed by atoms with E-state index in [2.05, 4.69) is 6.58 Å². The number of aliphatic hydroxyl groups is 1. The summed E-state index contributed by atoms with van der Waals surface area (Å²) in [5.74, 6) is 0.499. The normalized spacial score (nSPS) is 14.9. The number of nitrogens with zero attached hydrogens (tertiary/aromatic N) is 2. The molecule has 6 nitrogen and oxygen atoms in total. The van der Waals surface area contributed by atoms with E-state index in [1.165, 1.54) is 16.7 Å². The van der Waals surface area contributed by atoms with E-state index >= 15 is 0 Å². The Labute approximate surface area is 123 Å². The first-order valence-electron chi connectivity index (χ1n) is 6.61. The number of morpholine rings is 1. The van der Waals surface area contributed by atoms with Gasteiger partial charge < -0.3 is 19.6 Å². The zero-order valence-corrected chi connectivity index (χ0v) is 12.4. The van der Waals surface area contributed by atoms with Crippen molar-refractivity contribution in [1.82, 2.24) is 9.80 Å². The van der Waals surface area contributed by atoms with Crippen LogP contribution in [0.15, 0.2) is 12.7 Å². The Hall–Kier alpha value is -1.05. The first-order chi connectivity index (χ1) is 9.69. The second kappa shape index (κ2) is 9.79. The molecule has 1 heterocycles. The maximum absolute atomic E-state index is 11.9. The average Bonchev–Trinajstić information content (AvgIpc) is 2.47. The number of carbonyl (C=O) groups is 2. The molecule has 7 heteroatoms. The highest BCUT2D eigenvalue weighted by Gasteiger charge is 2.18. The fourth-order valence-electron chi connectivity index (χ4n) is 1.82. The number of thioether (sulfide) groups is 1. The lowest BCUT2D eigenvalue weighted by Gasteiger charge is -2.26. The maximum atomic E-state index is 11.9. The number of carbonyl (C=O) groups excluding carboxylic acids is 2. The molecular weight excluding hydrogens is 280 g/mol. The van der Waals surface area contributed by atoms with Gasteiger partial charge in [0.2, 0.25) is 11.8 Å². The maximum Gasteiger partial charge on any atom is 0.232 e. The number of aliphatic hydroxyl groups excluding tert-OH is 1. The summed E-state index contributed by atoms with van der Waals surface area (Å²) in [5, 5.41) is 8.89. The largest absolute Gasteiger partial charge is 0.395 e. The van der Waals surface area contributed by atoms with Gasteiger partial charge in [0.1, 0.15) is 0 Å². The van der Waals surface area contributed by atoms with E-state index in [4.69, 9.17) is 9.84 Å². The molecular formula is C13H22N2O4S. The molecule has 1 N–H and O–H groups in total. The molecule has 0 unspecified atom stereocenters. The van der Waals surface area contributed by atoms with Gasteiger partial charge in [0.05, 0.1) is 31.3 Å². The van der Waals surface area contributed by atoms with E-state index in [0.29, 0.717) is 45.1 Å². The number of rotatable bonds is 8. The summed E-state index contributed by atoms with van der Waals surface area (Å²) in [6.45, 7) is 6.63. The monoisotopic (exact) mass is 302 g/mol. The van der Waals surface area contributed by atoms with Crippen LogP contribution in [0.2, 0.25) is 0 Å². The van der Waals surface area contributed by atoms with E-state index in [9.17, 15) is 9.59 Å². The number of ether oxygens (including phenoxy) is 1. The summed E-state index contributed by atoms with van der Waals surface area (Å²) < 4.78 is 5.18. The molecule has 0 aromatic heterocycles. The fraction of sp³-hybridized carbons (Fsp3) is 0.692. The predicted octanol–water partition coefficient (Wildman–Crippen LogP) is -0.415. The molecule has 1 saturated heterocycles. The van der Waals surface area contributed by atoms with Crippen LogP contribution in [-0.2, 0) is 14.3 Å². The average molecular weight is 302 g/mol. The Morgan fingerprint density at radius 2 is 2.05 bits per heavy atom. The summed E-state index contributed by atoms with van der Waals surface area (Å²) in [6.07, 6.45) is 1.62. The smallest absolute Gasteiger partial charge is 0.232 e. The molecule has 0 aromatic rings. The van der Waals surface area contributed by atoms with Gasteiger partial charge in [0.15, 0.2) is 0 Å². The van der Waals surface area contributed by atoms with Crippen LogP contribution in [0.25, 0.3) is 0 Å². The minimum absolute atomic E-state index is 0.0449. The molecule has 1 aliphatic heterocycles. The topological polar surface area (TPSA) is 70.1 Å². The molecule has 0 atom stereocenters. The van der Waals surface area contributed by atoms with Crippen LogP contribution in [0.4, 0.5) is 0 Å². The van der Waals surface area contributed by atoms with Crippen molar-refractivity contribution in [2.24, 2.45) is 0 Å². The lowest BCUT2D eigenvalue weighted by Crippen LogP contribution is -2.42. The van der Waals surface area contributed by atoms with Crippen molar-refractivity contribution in [3.05, 3.63) is 12.7 Å². The van der Waals surface area contributed by atoms with E-state index in [0.717, 1.165) is 0 Å². The van der Waals surface area contributed by atoms with Crippen LogP contribution in [0.3, 0.4) is 0 Å². The third-order valence-corrected chi connectivity index (χ3v) is 3.79. The van der Waals surface area contributed by atoms with E-state index in [1.54, 1.807) is 11.0 Å². The lowest BCUT2D eigenvalue weighted by atomic mass is 10.4. The van der Waals surface area contributed by atoms with Crippen molar-refractivity contribution in [1.29, 1.82) is 0 Å². The molecule has 1 fully saturated rings. The van der Waals surface area contributed by atoms with Gasteiger partial charge in [-0.3, -0.25) is 9.59 Å². The van der Waals surface area contributed by atoms with Gasteiger partial charge in [-0.1, -0.05) is 6.08 Å². The molecule has 0 radical (unpaired) electrons. The second-order valence-electron chi connectivity index (χ2n) is 4.34. The fourth-order valence-corrected chi connectivity index (χ4v) is 2.63. The first-order valence-corrected chi connectivity index (χ1v) is 7.77. The van der Waals surface area contributed by atoms with Gasteiger partial charge in [0.25, 0.3) is 0 Å². The molecule has 114 valence electrons. The summed E-state index contributed by atoms with van der Waals surface area (Å²) >= 11 is 1.30. The predicted molar refractivity (Wildman–Crippen MR) is 78.6 cm³/mol. The molecule has 0 spiro atoms. The minimum atomic E-state index is -0.0845. The molecule has 1 aliphatic rings.